The maximum atomic E-state index is 12.7. The van der Waals surface area contributed by atoms with Gasteiger partial charge in [0.2, 0.25) is 5.91 Å². The van der Waals surface area contributed by atoms with Crippen LogP contribution in [0.5, 0.6) is 0 Å². The lowest BCUT2D eigenvalue weighted by molar-refractivity contribution is -0.138. The monoisotopic (exact) mass is 329 g/mol. The summed E-state index contributed by atoms with van der Waals surface area (Å²) in [5.74, 6) is -0.925. The van der Waals surface area contributed by atoms with Crippen molar-refractivity contribution < 1.29 is 14.3 Å². The van der Waals surface area contributed by atoms with Crippen molar-refractivity contribution in [2.45, 2.75) is 19.9 Å². The molecule has 0 aliphatic rings. The third-order valence-electron chi connectivity index (χ3n) is 3.98. The van der Waals surface area contributed by atoms with Crippen molar-refractivity contribution in [2.24, 2.45) is 5.92 Å². The number of ether oxygens (including phenoxy) is 1. The van der Waals surface area contributed by atoms with Crippen LogP contribution in [0.25, 0.3) is 10.9 Å². The summed E-state index contributed by atoms with van der Waals surface area (Å²) in [5, 5.41) is 3.58. The van der Waals surface area contributed by atoms with Crippen molar-refractivity contribution in [1.82, 2.24) is 10.3 Å². The van der Waals surface area contributed by atoms with Crippen LogP contribution in [0, 0.1) is 5.92 Å². The van der Waals surface area contributed by atoms with Crippen LogP contribution in [0.4, 0.5) is 5.69 Å². The molecule has 0 spiro atoms. The van der Waals surface area contributed by atoms with Gasteiger partial charge in [-0.1, -0.05) is 26.5 Å². The topological polar surface area (TPSA) is 74.4 Å². The third-order valence-corrected chi connectivity index (χ3v) is 3.98. The van der Waals surface area contributed by atoms with Crippen molar-refractivity contribution >= 4 is 28.5 Å². The first-order valence-corrected chi connectivity index (χ1v) is 7.73. The molecular weight excluding hydrogens is 306 g/mol. The van der Waals surface area contributed by atoms with E-state index in [0.29, 0.717) is 0 Å². The molecule has 0 fully saturated rings. The Labute approximate surface area is 141 Å². The van der Waals surface area contributed by atoms with Gasteiger partial charge in [-0.05, 0) is 24.1 Å². The molecule has 0 bridgehead atoms. The molecule has 2 aromatic rings. The van der Waals surface area contributed by atoms with Crippen LogP contribution in [-0.2, 0) is 14.3 Å². The summed E-state index contributed by atoms with van der Waals surface area (Å²) in [6, 6.07) is 7.40. The average molecular weight is 329 g/mol. The van der Waals surface area contributed by atoms with Gasteiger partial charge in [0.15, 0.2) is 0 Å². The van der Waals surface area contributed by atoms with E-state index in [4.69, 9.17) is 0 Å². The number of carbonyl (C=O) groups excluding carboxylic acids is 2. The van der Waals surface area contributed by atoms with Gasteiger partial charge in [0.1, 0.15) is 11.7 Å². The third kappa shape index (κ3) is 3.42. The van der Waals surface area contributed by atoms with E-state index in [1.54, 1.807) is 0 Å². The van der Waals surface area contributed by atoms with E-state index < -0.39 is 12.0 Å². The van der Waals surface area contributed by atoms with E-state index in [2.05, 4.69) is 21.6 Å². The van der Waals surface area contributed by atoms with Crippen molar-refractivity contribution in [3.05, 3.63) is 42.7 Å². The highest BCUT2D eigenvalue weighted by Gasteiger charge is 2.29. The molecule has 6 nitrogen and oxygen atoms in total. The number of hydrogen-bond donors (Lipinski definition) is 2. The number of likely N-dealkylation sites (N-methyl/N-ethyl adjacent to an activating group) is 1. The zero-order valence-corrected chi connectivity index (χ0v) is 14.4. The van der Waals surface area contributed by atoms with Gasteiger partial charge in [-0.15, -0.1) is 0 Å². The second-order valence-electron chi connectivity index (χ2n) is 5.98. The number of hydrogen-bond acceptors (Lipinski definition) is 4. The van der Waals surface area contributed by atoms with Crippen LogP contribution in [0.1, 0.15) is 13.8 Å². The van der Waals surface area contributed by atoms with Gasteiger partial charge in [0, 0.05) is 29.8 Å². The summed E-state index contributed by atoms with van der Waals surface area (Å²) < 4.78 is 4.57. The number of aromatic nitrogens is 1. The number of benzene rings is 1. The van der Waals surface area contributed by atoms with Gasteiger partial charge in [0.25, 0.3) is 0 Å². The predicted octanol–water partition coefficient (Wildman–Crippen LogP) is 2.43. The SMILES string of the molecule is C=C(NC(=O)[C@@H](C(C)C)N(C)c1cccc2[nH]ccc12)C(=O)OC. The van der Waals surface area contributed by atoms with Gasteiger partial charge < -0.3 is 19.9 Å². The summed E-state index contributed by atoms with van der Waals surface area (Å²) in [6.07, 6.45) is 1.87. The first kappa shape index (κ1) is 17.6. The Hall–Kier alpha value is -2.76. The van der Waals surface area contributed by atoms with E-state index in [1.807, 2.05) is 56.3 Å². The molecular formula is C18H23N3O3. The fraction of sp³-hybridized carbons (Fsp3) is 0.333. The molecule has 0 aliphatic carbocycles. The van der Waals surface area contributed by atoms with Crippen molar-refractivity contribution in [3.8, 4) is 0 Å². The Bertz CT molecular complexity index is 764. The van der Waals surface area contributed by atoms with Gasteiger partial charge >= 0.3 is 5.97 Å². The van der Waals surface area contributed by atoms with Crippen LogP contribution in [0.3, 0.4) is 0 Å². The Kier molecular flexibility index (Phi) is 5.28. The first-order valence-electron chi connectivity index (χ1n) is 7.73. The van der Waals surface area contributed by atoms with Gasteiger partial charge in [-0.3, -0.25) is 4.79 Å². The molecule has 6 heteroatoms. The van der Waals surface area contributed by atoms with Crippen LogP contribution >= 0.6 is 0 Å². The lowest BCUT2D eigenvalue weighted by Crippen LogP contribution is -2.49. The smallest absolute Gasteiger partial charge is 0.353 e. The Morgan fingerprint density at radius 2 is 2.00 bits per heavy atom. The molecule has 0 saturated heterocycles. The molecule has 2 N–H and O–H groups in total. The molecule has 1 amide bonds. The lowest BCUT2D eigenvalue weighted by Gasteiger charge is -2.32. The molecule has 128 valence electrons. The Balaban J connectivity index is 2.30. The number of nitrogens with zero attached hydrogens (tertiary/aromatic N) is 1. The van der Waals surface area contributed by atoms with Gasteiger partial charge in [-0.25, -0.2) is 4.79 Å². The van der Waals surface area contributed by atoms with Crippen LogP contribution in [-0.4, -0.2) is 37.1 Å². The van der Waals surface area contributed by atoms with Crippen molar-refractivity contribution in [3.63, 3.8) is 0 Å². The molecule has 1 heterocycles. The highest BCUT2D eigenvalue weighted by molar-refractivity contribution is 5.98. The second-order valence-corrected chi connectivity index (χ2v) is 5.98. The summed E-state index contributed by atoms with van der Waals surface area (Å²) in [6.45, 7) is 7.47. The fourth-order valence-electron chi connectivity index (χ4n) is 2.85. The summed E-state index contributed by atoms with van der Waals surface area (Å²) >= 11 is 0. The largest absolute Gasteiger partial charge is 0.464 e. The fourth-order valence-corrected chi connectivity index (χ4v) is 2.85. The predicted molar refractivity (Wildman–Crippen MR) is 94.6 cm³/mol. The average Bonchev–Trinajstić information content (AvgIpc) is 3.01. The molecule has 1 atom stereocenters. The molecule has 0 radical (unpaired) electrons. The first-order chi connectivity index (χ1) is 11.4. The van der Waals surface area contributed by atoms with E-state index in [-0.39, 0.29) is 17.5 Å². The van der Waals surface area contributed by atoms with E-state index >= 15 is 0 Å². The summed E-state index contributed by atoms with van der Waals surface area (Å²) in [5.41, 5.74) is 1.87. The van der Waals surface area contributed by atoms with Crippen LogP contribution < -0.4 is 10.2 Å². The zero-order chi connectivity index (χ0) is 17.9. The molecule has 0 unspecified atom stereocenters. The quantitative estimate of drug-likeness (QED) is 0.630. The number of carbonyl (C=O) groups is 2. The maximum Gasteiger partial charge on any atom is 0.353 e. The number of aromatic amines is 1. The lowest BCUT2D eigenvalue weighted by atomic mass is 10.0. The molecule has 0 saturated carbocycles. The molecule has 0 aliphatic heterocycles. The van der Waals surface area contributed by atoms with Crippen molar-refractivity contribution in [2.75, 3.05) is 19.1 Å². The number of fused-ring (bicyclic) bond motifs is 1. The second kappa shape index (κ2) is 7.21. The normalized spacial score (nSPS) is 12.0. The van der Waals surface area contributed by atoms with Crippen LogP contribution in [0.2, 0.25) is 0 Å². The minimum absolute atomic E-state index is 0.0228. The number of anilines is 1. The molecule has 2 rings (SSSR count). The van der Waals surface area contributed by atoms with E-state index in [0.717, 1.165) is 16.6 Å². The highest BCUT2D eigenvalue weighted by Crippen LogP contribution is 2.28. The Morgan fingerprint density at radius 1 is 1.29 bits per heavy atom. The number of methoxy groups -OCH3 is 1. The zero-order valence-electron chi connectivity index (χ0n) is 14.4. The number of H-pyrrole nitrogens is 1. The standard InChI is InChI=1S/C18H23N3O3/c1-11(2)16(17(22)20-12(3)18(23)24-5)21(4)15-8-6-7-14-13(15)9-10-19-14/h6-11,16,19H,3H2,1-2,4-5H3,(H,20,22)/t16-/m1/s1. The maximum absolute atomic E-state index is 12.7. The molecule has 24 heavy (non-hydrogen) atoms. The number of esters is 1. The summed E-state index contributed by atoms with van der Waals surface area (Å²) in [7, 11) is 3.12. The minimum atomic E-state index is -0.652. The minimum Gasteiger partial charge on any atom is -0.464 e. The Morgan fingerprint density at radius 3 is 2.62 bits per heavy atom. The number of nitrogens with one attached hydrogen (secondary N) is 2. The number of rotatable bonds is 6. The van der Waals surface area contributed by atoms with Crippen molar-refractivity contribution in [1.29, 1.82) is 0 Å². The molecule has 1 aromatic carbocycles. The molecule has 1 aromatic heterocycles. The van der Waals surface area contributed by atoms with Gasteiger partial charge in [0.05, 0.1) is 7.11 Å². The van der Waals surface area contributed by atoms with Crippen LogP contribution in [0.15, 0.2) is 42.7 Å². The highest BCUT2D eigenvalue weighted by atomic mass is 16.5. The van der Waals surface area contributed by atoms with E-state index in [9.17, 15) is 9.59 Å². The van der Waals surface area contributed by atoms with E-state index in [1.165, 1.54) is 7.11 Å². The number of amides is 1. The summed E-state index contributed by atoms with van der Waals surface area (Å²) in [4.78, 5) is 29.2. The van der Waals surface area contributed by atoms with Gasteiger partial charge in [-0.2, -0.15) is 0 Å².